The molecule has 0 bridgehead atoms. The summed E-state index contributed by atoms with van der Waals surface area (Å²) in [6, 6.07) is 6.29. The molecule has 20 heavy (non-hydrogen) atoms. The van der Waals surface area contributed by atoms with Gasteiger partial charge in [0.05, 0.1) is 7.11 Å². The first-order chi connectivity index (χ1) is 9.55. The molecule has 0 fully saturated rings. The third-order valence-electron chi connectivity index (χ3n) is 2.89. The van der Waals surface area contributed by atoms with E-state index in [0.29, 0.717) is 17.2 Å². The summed E-state index contributed by atoms with van der Waals surface area (Å²) in [6.07, 6.45) is 0. The number of anilines is 1. The van der Waals surface area contributed by atoms with Crippen LogP contribution in [0.4, 0.5) is 10.2 Å². The van der Waals surface area contributed by atoms with E-state index in [4.69, 9.17) is 10.6 Å². The molecule has 0 unspecified atom stereocenters. The van der Waals surface area contributed by atoms with E-state index in [1.54, 1.807) is 18.2 Å². The fourth-order valence-corrected chi connectivity index (χ4v) is 1.76. The molecule has 0 aliphatic carbocycles. The molecule has 1 aromatic carbocycles. The molecule has 0 amide bonds. The van der Waals surface area contributed by atoms with Crippen molar-refractivity contribution >= 4 is 5.82 Å². The Kier molecular flexibility index (Phi) is 4.14. The summed E-state index contributed by atoms with van der Waals surface area (Å²) in [7, 11) is 1.42. The molecule has 1 heterocycles. The first-order valence-electron chi connectivity index (χ1n) is 6.24. The first kappa shape index (κ1) is 14.2. The Balaban J connectivity index is 2.53. The molecule has 0 spiro atoms. The Hall–Kier alpha value is -2.21. The smallest absolute Gasteiger partial charge is 0.165 e. The number of methoxy groups -OCH3 is 1. The van der Waals surface area contributed by atoms with Crippen LogP contribution in [0, 0.1) is 5.82 Å². The molecule has 3 N–H and O–H groups in total. The molecule has 1 aromatic heterocycles. The van der Waals surface area contributed by atoms with Gasteiger partial charge < -0.3 is 10.2 Å². The van der Waals surface area contributed by atoms with Crippen molar-refractivity contribution in [1.29, 1.82) is 0 Å². The van der Waals surface area contributed by atoms with E-state index < -0.39 is 5.82 Å². The van der Waals surface area contributed by atoms with E-state index in [1.807, 2.05) is 13.8 Å². The van der Waals surface area contributed by atoms with Gasteiger partial charge in [-0.05, 0) is 24.1 Å². The van der Waals surface area contributed by atoms with Gasteiger partial charge in [0.15, 0.2) is 17.4 Å². The van der Waals surface area contributed by atoms with Crippen molar-refractivity contribution in [3.8, 4) is 17.1 Å². The molecule has 106 valence electrons. The van der Waals surface area contributed by atoms with E-state index in [-0.39, 0.29) is 11.7 Å². The summed E-state index contributed by atoms with van der Waals surface area (Å²) < 4.78 is 18.4. The van der Waals surface area contributed by atoms with Crippen LogP contribution in [0.3, 0.4) is 0 Å². The molecule has 0 atom stereocenters. The standard InChI is InChI=1S/C14H17FN4O/c1-8(2)11-7-13(19-16)18-14(17-11)9-4-5-10(15)12(6-9)20-3/h4-8H,16H2,1-3H3,(H,17,18,19). The molecule has 0 saturated heterocycles. The van der Waals surface area contributed by atoms with Crippen molar-refractivity contribution < 1.29 is 9.13 Å². The number of halogens is 1. The number of benzene rings is 1. The average molecular weight is 276 g/mol. The normalized spacial score (nSPS) is 10.7. The molecular formula is C14H17FN4O. The van der Waals surface area contributed by atoms with Crippen LogP contribution in [0.2, 0.25) is 0 Å². The summed E-state index contributed by atoms with van der Waals surface area (Å²) >= 11 is 0. The van der Waals surface area contributed by atoms with Crippen LogP contribution in [-0.2, 0) is 0 Å². The van der Waals surface area contributed by atoms with Crippen molar-refractivity contribution in [1.82, 2.24) is 9.97 Å². The summed E-state index contributed by atoms with van der Waals surface area (Å²) in [5.74, 6) is 6.37. The molecule has 6 heteroatoms. The lowest BCUT2D eigenvalue weighted by Crippen LogP contribution is -2.11. The number of nitrogens with two attached hydrogens (primary N) is 1. The number of hydrogen-bond acceptors (Lipinski definition) is 5. The van der Waals surface area contributed by atoms with E-state index in [2.05, 4.69) is 15.4 Å². The van der Waals surface area contributed by atoms with Gasteiger partial charge in [0.1, 0.15) is 5.82 Å². The molecule has 0 saturated carbocycles. The number of rotatable bonds is 4. The number of aromatic nitrogens is 2. The lowest BCUT2D eigenvalue weighted by Gasteiger charge is -2.11. The van der Waals surface area contributed by atoms with Crippen LogP contribution >= 0.6 is 0 Å². The Bertz CT molecular complexity index is 616. The van der Waals surface area contributed by atoms with Gasteiger partial charge in [-0.2, -0.15) is 0 Å². The third kappa shape index (κ3) is 2.85. The minimum atomic E-state index is -0.423. The van der Waals surface area contributed by atoms with Crippen molar-refractivity contribution in [2.24, 2.45) is 5.84 Å². The zero-order chi connectivity index (χ0) is 14.7. The lowest BCUT2D eigenvalue weighted by molar-refractivity contribution is 0.386. The predicted molar refractivity (Wildman–Crippen MR) is 75.9 cm³/mol. The topological polar surface area (TPSA) is 73.1 Å². The Morgan fingerprint density at radius 1 is 1.25 bits per heavy atom. The number of nitrogen functional groups attached to an aromatic ring is 1. The van der Waals surface area contributed by atoms with Crippen LogP contribution in [0.1, 0.15) is 25.5 Å². The summed E-state index contributed by atoms with van der Waals surface area (Å²) in [5.41, 5.74) is 4.04. The van der Waals surface area contributed by atoms with Crippen LogP contribution in [0.5, 0.6) is 5.75 Å². The van der Waals surface area contributed by atoms with Gasteiger partial charge in [-0.3, -0.25) is 0 Å². The van der Waals surface area contributed by atoms with Gasteiger partial charge in [0, 0.05) is 17.3 Å². The van der Waals surface area contributed by atoms with Gasteiger partial charge in [0.25, 0.3) is 0 Å². The van der Waals surface area contributed by atoms with Gasteiger partial charge in [0.2, 0.25) is 0 Å². The second-order valence-corrected chi connectivity index (χ2v) is 4.65. The van der Waals surface area contributed by atoms with E-state index in [0.717, 1.165) is 5.69 Å². The number of nitrogens with zero attached hydrogens (tertiary/aromatic N) is 2. The second kappa shape index (κ2) is 5.83. The van der Waals surface area contributed by atoms with Gasteiger partial charge in [-0.15, -0.1) is 0 Å². The highest BCUT2D eigenvalue weighted by atomic mass is 19.1. The molecule has 0 aliphatic rings. The second-order valence-electron chi connectivity index (χ2n) is 4.65. The molecule has 2 rings (SSSR count). The average Bonchev–Trinajstić information content (AvgIpc) is 2.47. The highest BCUT2D eigenvalue weighted by molar-refractivity contribution is 5.60. The minimum absolute atomic E-state index is 0.156. The van der Waals surface area contributed by atoms with Gasteiger partial charge >= 0.3 is 0 Å². The number of hydrogen-bond donors (Lipinski definition) is 2. The van der Waals surface area contributed by atoms with Crippen LogP contribution < -0.4 is 16.0 Å². The summed E-state index contributed by atoms with van der Waals surface area (Å²) in [6.45, 7) is 4.05. The van der Waals surface area contributed by atoms with E-state index in [1.165, 1.54) is 13.2 Å². The van der Waals surface area contributed by atoms with E-state index >= 15 is 0 Å². The summed E-state index contributed by atoms with van der Waals surface area (Å²) in [4.78, 5) is 8.76. The van der Waals surface area contributed by atoms with Crippen molar-refractivity contribution in [3.05, 3.63) is 35.8 Å². The number of ether oxygens (including phenoxy) is 1. The minimum Gasteiger partial charge on any atom is -0.494 e. The first-order valence-corrected chi connectivity index (χ1v) is 6.24. The quantitative estimate of drug-likeness (QED) is 0.663. The Labute approximate surface area is 117 Å². The molecule has 0 aliphatic heterocycles. The summed E-state index contributed by atoms with van der Waals surface area (Å²) in [5, 5.41) is 0. The van der Waals surface area contributed by atoms with Crippen molar-refractivity contribution in [2.45, 2.75) is 19.8 Å². The van der Waals surface area contributed by atoms with Crippen molar-refractivity contribution in [3.63, 3.8) is 0 Å². The maximum atomic E-state index is 13.4. The molecular weight excluding hydrogens is 259 g/mol. The largest absolute Gasteiger partial charge is 0.494 e. The zero-order valence-electron chi connectivity index (χ0n) is 11.6. The Morgan fingerprint density at radius 2 is 2.00 bits per heavy atom. The molecule has 2 aromatic rings. The van der Waals surface area contributed by atoms with Gasteiger partial charge in [-0.25, -0.2) is 20.2 Å². The lowest BCUT2D eigenvalue weighted by atomic mass is 10.1. The Morgan fingerprint density at radius 3 is 2.60 bits per heavy atom. The highest BCUT2D eigenvalue weighted by Gasteiger charge is 2.11. The number of hydrazine groups is 1. The molecule has 0 radical (unpaired) electrons. The highest BCUT2D eigenvalue weighted by Crippen LogP contribution is 2.26. The van der Waals surface area contributed by atoms with Crippen molar-refractivity contribution in [2.75, 3.05) is 12.5 Å². The van der Waals surface area contributed by atoms with Crippen LogP contribution in [-0.4, -0.2) is 17.1 Å². The van der Waals surface area contributed by atoms with Crippen LogP contribution in [0.15, 0.2) is 24.3 Å². The maximum absolute atomic E-state index is 13.4. The fourth-order valence-electron chi connectivity index (χ4n) is 1.76. The zero-order valence-corrected chi connectivity index (χ0v) is 11.6. The van der Waals surface area contributed by atoms with Crippen LogP contribution in [0.25, 0.3) is 11.4 Å². The predicted octanol–water partition coefficient (Wildman–Crippen LogP) is 2.70. The molecule has 5 nitrogen and oxygen atoms in total. The monoisotopic (exact) mass is 276 g/mol. The number of nitrogens with one attached hydrogen (secondary N) is 1. The third-order valence-corrected chi connectivity index (χ3v) is 2.89. The SMILES string of the molecule is COc1cc(-c2nc(NN)cc(C(C)C)n2)ccc1F. The van der Waals surface area contributed by atoms with E-state index in [9.17, 15) is 4.39 Å². The van der Waals surface area contributed by atoms with Gasteiger partial charge in [-0.1, -0.05) is 13.8 Å². The fraction of sp³-hybridized carbons (Fsp3) is 0.286. The maximum Gasteiger partial charge on any atom is 0.165 e.